The molecule has 5 nitrogen and oxygen atoms in total. The lowest BCUT2D eigenvalue weighted by Gasteiger charge is -2.20. The van der Waals surface area contributed by atoms with Gasteiger partial charge in [0.15, 0.2) is 0 Å². The highest BCUT2D eigenvalue weighted by atomic mass is 32.1. The summed E-state index contributed by atoms with van der Waals surface area (Å²) in [5, 5.41) is 0.764. The maximum atomic E-state index is 12.5. The molecule has 0 unspecified atom stereocenters. The number of carbonyl (C=O) groups excluding carboxylic acids is 2. The van der Waals surface area contributed by atoms with Crippen LogP contribution in [0, 0.1) is 19.8 Å². The van der Waals surface area contributed by atoms with Gasteiger partial charge in [0.1, 0.15) is 11.6 Å². The standard InChI is InChI=1S/C21H20N2O3S/c1-13-6-5-8-17(14(13)2)23-11-15(10-20(23)24)21(25)26-12-19-22-16-7-3-4-9-18(16)27-19/h3-9,15H,10-12H2,1-2H3/t15-/m0/s1. The van der Waals surface area contributed by atoms with E-state index in [9.17, 15) is 9.59 Å². The molecular formula is C21H20N2O3S. The van der Waals surface area contributed by atoms with Gasteiger partial charge in [0.25, 0.3) is 0 Å². The molecule has 138 valence electrons. The third-order valence-corrected chi connectivity index (χ3v) is 6.01. The molecule has 1 saturated heterocycles. The molecule has 0 radical (unpaired) electrons. The van der Waals surface area contributed by atoms with Gasteiger partial charge in [-0.25, -0.2) is 4.98 Å². The first kappa shape index (κ1) is 17.7. The molecule has 2 aromatic carbocycles. The fourth-order valence-electron chi connectivity index (χ4n) is 3.36. The second-order valence-electron chi connectivity index (χ2n) is 6.81. The van der Waals surface area contributed by atoms with Crippen molar-refractivity contribution >= 4 is 39.1 Å². The van der Waals surface area contributed by atoms with Crippen molar-refractivity contribution in [3.05, 3.63) is 58.6 Å². The number of para-hydroxylation sites is 1. The number of aryl methyl sites for hydroxylation is 1. The molecule has 1 aliphatic rings. The Morgan fingerprint density at radius 3 is 2.85 bits per heavy atom. The lowest BCUT2D eigenvalue weighted by Crippen LogP contribution is -2.27. The van der Waals surface area contributed by atoms with E-state index in [-0.39, 0.29) is 24.9 Å². The number of rotatable bonds is 4. The van der Waals surface area contributed by atoms with Crippen LogP contribution in [0.15, 0.2) is 42.5 Å². The van der Waals surface area contributed by atoms with E-state index < -0.39 is 5.92 Å². The van der Waals surface area contributed by atoms with Crippen molar-refractivity contribution in [1.29, 1.82) is 0 Å². The zero-order valence-corrected chi connectivity index (χ0v) is 16.1. The number of benzene rings is 2. The second-order valence-corrected chi connectivity index (χ2v) is 7.92. The Balaban J connectivity index is 1.42. The Labute approximate surface area is 161 Å². The summed E-state index contributed by atoms with van der Waals surface area (Å²) in [7, 11) is 0. The monoisotopic (exact) mass is 380 g/mol. The van der Waals surface area contributed by atoms with Gasteiger partial charge < -0.3 is 9.64 Å². The summed E-state index contributed by atoms with van der Waals surface area (Å²) >= 11 is 1.52. The average molecular weight is 380 g/mol. The van der Waals surface area contributed by atoms with Crippen LogP contribution in [0.2, 0.25) is 0 Å². The minimum atomic E-state index is -0.438. The number of hydrogen-bond donors (Lipinski definition) is 0. The maximum Gasteiger partial charge on any atom is 0.311 e. The van der Waals surface area contributed by atoms with E-state index in [0.717, 1.165) is 32.0 Å². The largest absolute Gasteiger partial charge is 0.458 e. The average Bonchev–Trinajstić information content (AvgIpc) is 3.25. The van der Waals surface area contributed by atoms with E-state index >= 15 is 0 Å². The van der Waals surface area contributed by atoms with E-state index in [4.69, 9.17) is 4.74 Å². The number of aromatic nitrogens is 1. The molecule has 0 saturated carbocycles. The van der Waals surface area contributed by atoms with E-state index in [0.29, 0.717) is 6.54 Å². The number of esters is 1. The van der Waals surface area contributed by atoms with Gasteiger partial charge in [-0.05, 0) is 43.2 Å². The summed E-state index contributed by atoms with van der Waals surface area (Å²) in [6, 6.07) is 13.7. The lowest BCUT2D eigenvalue weighted by molar-refractivity contribution is -0.149. The Morgan fingerprint density at radius 2 is 2.04 bits per heavy atom. The van der Waals surface area contributed by atoms with E-state index in [1.54, 1.807) is 4.90 Å². The van der Waals surface area contributed by atoms with Crippen LogP contribution < -0.4 is 4.90 Å². The topological polar surface area (TPSA) is 59.5 Å². The third-order valence-electron chi connectivity index (χ3n) is 5.00. The SMILES string of the molecule is Cc1cccc(N2C[C@@H](C(=O)OCc3nc4ccccc4s3)CC2=O)c1C. The third kappa shape index (κ3) is 3.45. The van der Waals surface area contributed by atoms with Crippen molar-refractivity contribution in [1.82, 2.24) is 4.98 Å². The van der Waals surface area contributed by atoms with Crippen LogP contribution in [-0.2, 0) is 20.9 Å². The fraction of sp³-hybridized carbons (Fsp3) is 0.286. The van der Waals surface area contributed by atoms with Crippen LogP contribution in [0.1, 0.15) is 22.6 Å². The molecular weight excluding hydrogens is 360 g/mol. The molecule has 0 spiro atoms. The molecule has 1 aromatic heterocycles. The second kappa shape index (κ2) is 7.12. The molecule has 6 heteroatoms. The molecule has 0 N–H and O–H groups in total. The Morgan fingerprint density at radius 1 is 1.22 bits per heavy atom. The highest BCUT2D eigenvalue weighted by Gasteiger charge is 2.36. The van der Waals surface area contributed by atoms with Gasteiger partial charge >= 0.3 is 5.97 Å². The van der Waals surface area contributed by atoms with Crippen LogP contribution in [-0.4, -0.2) is 23.4 Å². The number of amides is 1. The molecule has 3 aromatic rings. The van der Waals surface area contributed by atoms with Gasteiger partial charge in [0.2, 0.25) is 5.91 Å². The first-order chi connectivity index (χ1) is 13.0. The van der Waals surface area contributed by atoms with Crippen LogP contribution in [0.25, 0.3) is 10.2 Å². The van der Waals surface area contributed by atoms with Crippen molar-refractivity contribution in [3.8, 4) is 0 Å². The first-order valence-corrected chi connectivity index (χ1v) is 9.72. The zero-order valence-electron chi connectivity index (χ0n) is 15.3. The van der Waals surface area contributed by atoms with Gasteiger partial charge in [0, 0.05) is 18.7 Å². The summed E-state index contributed by atoms with van der Waals surface area (Å²) < 4.78 is 6.53. The molecule has 1 fully saturated rings. The molecule has 0 aliphatic carbocycles. The van der Waals surface area contributed by atoms with Crippen LogP contribution in [0.5, 0.6) is 0 Å². The molecule has 1 amide bonds. The summed E-state index contributed by atoms with van der Waals surface area (Å²) in [6.07, 6.45) is 0.187. The number of hydrogen-bond acceptors (Lipinski definition) is 5. The number of carbonyl (C=O) groups is 2. The maximum absolute atomic E-state index is 12.5. The van der Waals surface area contributed by atoms with Gasteiger partial charge in [-0.1, -0.05) is 24.3 Å². The molecule has 27 heavy (non-hydrogen) atoms. The van der Waals surface area contributed by atoms with Gasteiger partial charge in [-0.3, -0.25) is 9.59 Å². The van der Waals surface area contributed by atoms with Gasteiger partial charge in [-0.2, -0.15) is 0 Å². The number of anilines is 1. The number of ether oxygens (including phenoxy) is 1. The molecule has 4 rings (SSSR count). The molecule has 1 aliphatic heterocycles. The Bertz CT molecular complexity index is 994. The summed E-state index contributed by atoms with van der Waals surface area (Å²) in [5.41, 5.74) is 3.98. The van der Waals surface area contributed by atoms with Gasteiger partial charge in [-0.15, -0.1) is 11.3 Å². The Hall–Kier alpha value is -2.73. The van der Waals surface area contributed by atoms with Crippen LogP contribution in [0.4, 0.5) is 5.69 Å². The lowest BCUT2D eigenvalue weighted by atomic mass is 10.1. The van der Waals surface area contributed by atoms with E-state index in [1.807, 2.05) is 56.3 Å². The van der Waals surface area contributed by atoms with Crippen LogP contribution in [0.3, 0.4) is 0 Å². The molecule has 0 bridgehead atoms. The minimum Gasteiger partial charge on any atom is -0.458 e. The number of fused-ring (bicyclic) bond motifs is 1. The summed E-state index contributed by atoms with van der Waals surface area (Å²) in [5.74, 6) is -0.812. The Kier molecular flexibility index (Phi) is 4.66. The van der Waals surface area contributed by atoms with Crippen molar-refractivity contribution in [2.45, 2.75) is 26.9 Å². The van der Waals surface area contributed by atoms with E-state index in [1.165, 1.54) is 11.3 Å². The zero-order chi connectivity index (χ0) is 19.0. The van der Waals surface area contributed by atoms with Crippen molar-refractivity contribution in [3.63, 3.8) is 0 Å². The van der Waals surface area contributed by atoms with Crippen molar-refractivity contribution in [2.24, 2.45) is 5.92 Å². The predicted molar refractivity (Wildman–Crippen MR) is 106 cm³/mol. The molecule has 1 atom stereocenters. The fourth-order valence-corrected chi connectivity index (χ4v) is 4.24. The van der Waals surface area contributed by atoms with E-state index in [2.05, 4.69) is 4.98 Å². The smallest absolute Gasteiger partial charge is 0.311 e. The highest BCUT2D eigenvalue weighted by molar-refractivity contribution is 7.18. The van der Waals surface area contributed by atoms with Crippen molar-refractivity contribution in [2.75, 3.05) is 11.4 Å². The number of nitrogens with zero attached hydrogens (tertiary/aromatic N) is 2. The summed E-state index contributed by atoms with van der Waals surface area (Å²) in [6.45, 7) is 4.52. The predicted octanol–water partition coefficient (Wildman–Crippen LogP) is 4.01. The first-order valence-electron chi connectivity index (χ1n) is 8.90. The summed E-state index contributed by atoms with van der Waals surface area (Å²) in [4.78, 5) is 31.1. The normalized spacial score (nSPS) is 16.9. The van der Waals surface area contributed by atoms with Crippen molar-refractivity contribution < 1.29 is 14.3 Å². The molecule has 2 heterocycles. The highest BCUT2D eigenvalue weighted by Crippen LogP contribution is 2.30. The quantitative estimate of drug-likeness (QED) is 0.642. The van der Waals surface area contributed by atoms with Crippen LogP contribution >= 0.6 is 11.3 Å². The van der Waals surface area contributed by atoms with Gasteiger partial charge in [0.05, 0.1) is 16.1 Å². The minimum absolute atomic E-state index is 0.0364. The number of thiazole rings is 1.